The smallest absolute Gasteiger partial charge is 0.00670 e. The average Bonchev–Trinajstić information content (AvgIpc) is 2.29. The van der Waals surface area contributed by atoms with Crippen molar-refractivity contribution in [3.8, 4) is 0 Å². The van der Waals surface area contributed by atoms with Crippen LogP contribution in [0.5, 0.6) is 0 Å². The Morgan fingerprint density at radius 1 is 1.17 bits per heavy atom. The summed E-state index contributed by atoms with van der Waals surface area (Å²) in [7, 11) is 0. The molecule has 0 bridgehead atoms. The van der Waals surface area contributed by atoms with Gasteiger partial charge in [-0.05, 0) is 51.6 Å². The topological polar surface area (TPSA) is 15.3 Å². The van der Waals surface area contributed by atoms with Gasteiger partial charge in [0.05, 0.1) is 0 Å². The zero-order valence-electron chi connectivity index (χ0n) is 13.2. The first-order chi connectivity index (χ1) is 8.49. The Labute approximate surface area is 115 Å². The van der Waals surface area contributed by atoms with Crippen LogP contribution in [0.2, 0.25) is 0 Å². The molecule has 2 heteroatoms. The second kappa shape index (κ2) is 8.16. The van der Waals surface area contributed by atoms with Crippen LogP contribution in [0.15, 0.2) is 0 Å². The van der Waals surface area contributed by atoms with Crippen molar-refractivity contribution in [2.24, 2.45) is 11.8 Å². The normalized spacial score (nSPS) is 29.0. The van der Waals surface area contributed by atoms with Crippen LogP contribution in [0, 0.1) is 11.8 Å². The Bertz CT molecular complexity index is 215. The Kier molecular flexibility index (Phi) is 7.25. The summed E-state index contributed by atoms with van der Waals surface area (Å²) in [5.41, 5.74) is 0. The molecular weight excluding hydrogens is 220 g/mol. The lowest BCUT2D eigenvalue weighted by Crippen LogP contribution is -2.45. The zero-order valence-corrected chi connectivity index (χ0v) is 13.2. The maximum Gasteiger partial charge on any atom is 0.00670 e. The van der Waals surface area contributed by atoms with E-state index in [1.54, 1.807) is 0 Å². The van der Waals surface area contributed by atoms with E-state index in [1.165, 1.54) is 45.3 Å². The van der Waals surface area contributed by atoms with Crippen LogP contribution >= 0.6 is 0 Å². The van der Waals surface area contributed by atoms with Gasteiger partial charge in [-0.2, -0.15) is 0 Å². The van der Waals surface area contributed by atoms with Gasteiger partial charge in [0, 0.05) is 18.6 Å². The molecule has 0 aromatic heterocycles. The van der Waals surface area contributed by atoms with Gasteiger partial charge < -0.3 is 10.2 Å². The summed E-state index contributed by atoms with van der Waals surface area (Å²) in [5, 5.41) is 3.63. The van der Waals surface area contributed by atoms with E-state index in [-0.39, 0.29) is 0 Å². The Morgan fingerprint density at radius 2 is 1.89 bits per heavy atom. The molecule has 0 aromatic rings. The number of hydrogen-bond acceptors (Lipinski definition) is 2. The molecule has 0 aromatic carbocycles. The largest absolute Gasteiger partial charge is 0.314 e. The fraction of sp³-hybridized carbons (Fsp3) is 1.00. The van der Waals surface area contributed by atoms with Crippen molar-refractivity contribution in [1.29, 1.82) is 0 Å². The van der Waals surface area contributed by atoms with E-state index in [0.717, 1.165) is 17.9 Å². The number of rotatable bonds is 5. The van der Waals surface area contributed by atoms with Gasteiger partial charge in [-0.15, -0.1) is 0 Å². The Morgan fingerprint density at radius 3 is 2.56 bits per heavy atom. The lowest BCUT2D eigenvalue weighted by atomic mass is 10.0. The molecule has 1 aliphatic heterocycles. The minimum Gasteiger partial charge on any atom is -0.314 e. The van der Waals surface area contributed by atoms with Crippen molar-refractivity contribution in [2.75, 3.05) is 19.6 Å². The molecule has 18 heavy (non-hydrogen) atoms. The summed E-state index contributed by atoms with van der Waals surface area (Å²) in [4.78, 5) is 2.72. The maximum atomic E-state index is 3.63. The molecule has 1 heterocycles. The highest BCUT2D eigenvalue weighted by atomic mass is 15.2. The lowest BCUT2D eigenvalue weighted by Gasteiger charge is -2.35. The van der Waals surface area contributed by atoms with Crippen molar-refractivity contribution in [2.45, 2.75) is 72.4 Å². The SMILES string of the molecule is CC(C)CCCC(C)N1CCC(C)NCC(C)C1. The molecule has 0 amide bonds. The van der Waals surface area contributed by atoms with E-state index >= 15 is 0 Å². The molecule has 1 fully saturated rings. The summed E-state index contributed by atoms with van der Waals surface area (Å²) < 4.78 is 0. The summed E-state index contributed by atoms with van der Waals surface area (Å²) in [6, 6.07) is 1.44. The van der Waals surface area contributed by atoms with Gasteiger partial charge in [-0.25, -0.2) is 0 Å². The minimum absolute atomic E-state index is 0.679. The molecule has 2 nitrogen and oxygen atoms in total. The van der Waals surface area contributed by atoms with Crippen LogP contribution < -0.4 is 5.32 Å². The van der Waals surface area contributed by atoms with Gasteiger partial charge in [0.25, 0.3) is 0 Å². The van der Waals surface area contributed by atoms with Crippen molar-refractivity contribution in [3.05, 3.63) is 0 Å². The summed E-state index contributed by atoms with van der Waals surface area (Å²) in [6.07, 6.45) is 5.43. The molecule has 3 atom stereocenters. The monoisotopic (exact) mass is 254 g/mol. The van der Waals surface area contributed by atoms with E-state index < -0.39 is 0 Å². The van der Waals surface area contributed by atoms with E-state index in [4.69, 9.17) is 0 Å². The van der Waals surface area contributed by atoms with Gasteiger partial charge in [-0.3, -0.25) is 0 Å². The lowest BCUT2D eigenvalue weighted by molar-refractivity contribution is 0.147. The predicted molar refractivity (Wildman–Crippen MR) is 81.0 cm³/mol. The van der Waals surface area contributed by atoms with Crippen LogP contribution in [0.4, 0.5) is 0 Å². The van der Waals surface area contributed by atoms with Crippen LogP contribution in [-0.4, -0.2) is 36.6 Å². The third-order valence-corrected chi connectivity index (χ3v) is 4.24. The third-order valence-electron chi connectivity index (χ3n) is 4.24. The molecule has 0 saturated carbocycles. The quantitative estimate of drug-likeness (QED) is 0.807. The van der Waals surface area contributed by atoms with Crippen molar-refractivity contribution in [3.63, 3.8) is 0 Å². The first-order valence-electron chi connectivity index (χ1n) is 7.96. The molecular formula is C16H34N2. The van der Waals surface area contributed by atoms with Gasteiger partial charge >= 0.3 is 0 Å². The Hall–Kier alpha value is -0.0800. The van der Waals surface area contributed by atoms with Gasteiger partial charge in [0.15, 0.2) is 0 Å². The fourth-order valence-electron chi connectivity index (χ4n) is 2.82. The maximum absolute atomic E-state index is 3.63. The summed E-state index contributed by atoms with van der Waals surface area (Å²) >= 11 is 0. The fourth-order valence-corrected chi connectivity index (χ4v) is 2.82. The first kappa shape index (κ1) is 16.0. The number of hydrogen-bond donors (Lipinski definition) is 1. The first-order valence-corrected chi connectivity index (χ1v) is 7.96. The second-order valence-electron chi connectivity index (χ2n) is 6.87. The highest BCUT2D eigenvalue weighted by Gasteiger charge is 2.20. The molecule has 108 valence electrons. The molecule has 1 aliphatic rings. The average molecular weight is 254 g/mol. The predicted octanol–water partition coefficient (Wildman–Crippen LogP) is 3.52. The van der Waals surface area contributed by atoms with E-state index in [0.29, 0.717) is 6.04 Å². The van der Waals surface area contributed by atoms with Gasteiger partial charge in [-0.1, -0.05) is 33.6 Å². The number of nitrogens with one attached hydrogen (secondary N) is 1. The Balaban J connectivity index is 2.36. The van der Waals surface area contributed by atoms with Crippen LogP contribution in [0.1, 0.15) is 60.3 Å². The molecule has 0 radical (unpaired) electrons. The minimum atomic E-state index is 0.679. The van der Waals surface area contributed by atoms with Gasteiger partial charge in [0.1, 0.15) is 0 Å². The number of nitrogens with zero attached hydrogens (tertiary/aromatic N) is 1. The van der Waals surface area contributed by atoms with Crippen molar-refractivity contribution in [1.82, 2.24) is 10.2 Å². The molecule has 3 unspecified atom stereocenters. The standard InChI is InChI=1S/C16H34N2/c1-13(2)7-6-8-16(5)18-10-9-15(4)17-11-14(3)12-18/h13-17H,6-12H2,1-5H3. The van der Waals surface area contributed by atoms with Crippen molar-refractivity contribution < 1.29 is 0 Å². The van der Waals surface area contributed by atoms with E-state index in [2.05, 4.69) is 44.8 Å². The molecule has 0 aliphatic carbocycles. The second-order valence-corrected chi connectivity index (χ2v) is 6.87. The van der Waals surface area contributed by atoms with Crippen LogP contribution in [0.3, 0.4) is 0 Å². The highest BCUT2D eigenvalue weighted by molar-refractivity contribution is 4.77. The van der Waals surface area contributed by atoms with Crippen molar-refractivity contribution >= 4 is 0 Å². The molecule has 0 spiro atoms. The third kappa shape index (κ3) is 6.19. The van der Waals surface area contributed by atoms with Gasteiger partial charge in [0.2, 0.25) is 0 Å². The van der Waals surface area contributed by atoms with E-state index in [9.17, 15) is 0 Å². The zero-order chi connectivity index (χ0) is 13.5. The van der Waals surface area contributed by atoms with E-state index in [1.807, 2.05) is 0 Å². The van der Waals surface area contributed by atoms with Crippen LogP contribution in [-0.2, 0) is 0 Å². The van der Waals surface area contributed by atoms with Crippen LogP contribution in [0.25, 0.3) is 0 Å². The molecule has 1 rings (SSSR count). The highest BCUT2D eigenvalue weighted by Crippen LogP contribution is 2.16. The molecule has 1 N–H and O–H groups in total. The summed E-state index contributed by atoms with van der Waals surface area (Å²) in [6.45, 7) is 15.5. The molecule has 1 saturated heterocycles. The summed E-state index contributed by atoms with van der Waals surface area (Å²) in [5.74, 6) is 1.63.